The lowest BCUT2D eigenvalue weighted by Gasteiger charge is -2.43. The molecule has 89 heavy (non-hydrogen) atoms. The number of carbonyl (C=O) groups excluding carboxylic acids is 8. The van der Waals surface area contributed by atoms with Gasteiger partial charge < -0.3 is 61.6 Å². The van der Waals surface area contributed by atoms with Crippen LogP contribution in [0.5, 0.6) is 17.4 Å². The number of H-pyrrole nitrogens is 1. The molecule has 492 valence electrons. The first kappa shape index (κ1) is 73.4. The number of ether oxygens (including phenoxy) is 13. The first-order chi connectivity index (χ1) is 41.6. The molecule has 10 atom stereocenters. The molecular weight excluding hydrogens is 1260 g/mol. The molecule has 4 heterocycles. The Kier molecular flexibility index (Phi) is 27.2. The lowest BCUT2D eigenvalue weighted by molar-refractivity contribution is -0.289. The standard InChI is InChI=1S/C29H36F2N2O11.C15H18F2N2O2.C14H19BrO9/c1-13(2)33-14(3)20(11-21-22(30)9-19(38-8)10-23(21)31)28(32-33)44-29-27(42-18(7)37)26(41-17(6)36)25(40-16(5)35)24(43-29)12-39-15(4)34;1-8(2)19-9(3)11(15(20)18-19)7-12-13(16)5-10(21-4)6-14(12)17;1-6(16)20-5-10-11(21-7(2)17)12(22-8(3)18)13(14(15)24-10)23-9(4)19/h9-10,13,24-27,29H,11-12H2,1-8H3;5-6,8H,7H2,1-4H3,(H,18,20);10-14H,5H2,1-4H3/t24-,25-,26+,27-,29+;;10-,11-,12+,13-,14+/m1.1/s1. The Morgan fingerprint density at radius 2 is 0.899 bits per heavy atom. The zero-order valence-electron chi connectivity index (χ0n) is 51.8. The van der Waals surface area contributed by atoms with Gasteiger partial charge in [-0.15, -0.1) is 5.10 Å². The number of nitrogens with zero attached hydrogens (tertiary/aromatic N) is 3. The number of rotatable bonds is 20. The van der Waals surface area contributed by atoms with Gasteiger partial charge >= 0.3 is 47.8 Å². The van der Waals surface area contributed by atoms with Gasteiger partial charge in [-0.25, -0.2) is 17.6 Å². The predicted octanol–water partition coefficient (Wildman–Crippen LogP) is 6.52. The van der Waals surface area contributed by atoms with Gasteiger partial charge in [-0.2, -0.15) is 0 Å². The Morgan fingerprint density at radius 3 is 1.27 bits per heavy atom. The van der Waals surface area contributed by atoms with Crippen molar-refractivity contribution in [3.05, 3.63) is 91.5 Å². The minimum Gasteiger partial charge on any atom is -0.497 e. The third-order valence-electron chi connectivity index (χ3n) is 13.1. The SMILES string of the molecule is CC(=O)OC[C@H]1O[C@H](Br)[C@H](OC(C)=O)[C@@H](OC(C)=O)[C@@H]1OC(C)=O.COc1cc(F)c(Cc2c(C)n(C(C)C)[nH]c2=O)c(F)c1.COc1cc(F)c(Cc2c(O[C@@H]3O[C@H](COC(C)=O)[C@@H](OC(C)=O)[C@H](OC(C)=O)[C@H]3OC(C)=O)nn(C(C)C)c2C)c(F)c1. The van der Waals surface area contributed by atoms with Gasteiger partial charge in [0.25, 0.3) is 5.56 Å². The molecule has 2 saturated heterocycles. The number of hydrogen-bond donors (Lipinski definition) is 1. The molecule has 1 N–H and O–H groups in total. The molecule has 2 fully saturated rings. The molecule has 6 rings (SSSR count). The molecule has 0 spiro atoms. The van der Waals surface area contributed by atoms with Crippen LogP contribution in [0.25, 0.3) is 0 Å². The molecule has 0 saturated carbocycles. The summed E-state index contributed by atoms with van der Waals surface area (Å²) in [6.07, 6.45) is -11.9. The van der Waals surface area contributed by atoms with E-state index < -0.39 is 138 Å². The smallest absolute Gasteiger partial charge is 0.303 e. The van der Waals surface area contributed by atoms with E-state index in [1.54, 1.807) is 23.2 Å². The van der Waals surface area contributed by atoms with E-state index >= 15 is 0 Å². The molecule has 2 aromatic heterocycles. The van der Waals surface area contributed by atoms with E-state index in [2.05, 4.69) is 26.1 Å². The van der Waals surface area contributed by atoms with Gasteiger partial charge in [0, 0.05) is 138 Å². The third-order valence-corrected chi connectivity index (χ3v) is 13.8. The molecule has 0 aliphatic carbocycles. The first-order valence-electron chi connectivity index (χ1n) is 27.4. The van der Waals surface area contributed by atoms with Crippen molar-refractivity contribution in [2.24, 2.45) is 0 Å². The number of aromatic amines is 1. The molecule has 2 aromatic carbocycles. The molecule has 4 aromatic rings. The minimum atomic E-state index is -1.59. The number of carbonyl (C=O) groups is 8. The number of hydrogen-bond acceptors (Lipinski definition) is 23. The zero-order chi connectivity index (χ0) is 67.0. The Bertz CT molecular complexity index is 3210. The summed E-state index contributed by atoms with van der Waals surface area (Å²) < 4.78 is 130. The highest BCUT2D eigenvalue weighted by Gasteiger charge is 2.54. The van der Waals surface area contributed by atoms with Crippen LogP contribution in [0.15, 0.2) is 29.1 Å². The molecule has 2 aliphatic heterocycles. The Morgan fingerprint density at radius 1 is 0.528 bits per heavy atom. The van der Waals surface area contributed by atoms with Gasteiger partial charge in [0.15, 0.2) is 35.5 Å². The van der Waals surface area contributed by atoms with Crippen LogP contribution in [0.4, 0.5) is 17.6 Å². The molecule has 26 nitrogen and oxygen atoms in total. The fraction of sp³-hybridized carbons (Fsp3) is 0.552. The van der Waals surface area contributed by atoms with E-state index in [0.29, 0.717) is 17.0 Å². The van der Waals surface area contributed by atoms with Gasteiger partial charge in [-0.3, -0.25) is 57.6 Å². The van der Waals surface area contributed by atoms with Crippen molar-refractivity contribution in [3.63, 3.8) is 0 Å². The number of benzene rings is 2. The quantitative estimate of drug-likeness (QED) is 0.0426. The van der Waals surface area contributed by atoms with Crippen molar-refractivity contribution >= 4 is 63.7 Å². The Balaban J connectivity index is 0.000000316. The molecule has 0 bridgehead atoms. The van der Waals surface area contributed by atoms with Gasteiger partial charge in [0.2, 0.25) is 18.3 Å². The summed E-state index contributed by atoms with van der Waals surface area (Å²) in [4.78, 5) is 105. The van der Waals surface area contributed by atoms with Gasteiger partial charge in [-0.05, 0) is 41.5 Å². The minimum absolute atomic E-state index is 0.00711. The fourth-order valence-electron chi connectivity index (χ4n) is 9.28. The lowest BCUT2D eigenvalue weighted by atomic mass is 9.98. The second-order valence-electron chi connectivity index (χ2n) is 20.6. The molecule has 0 radical (unpaired) electrons. The average molecular weight is 1330 g/mol. The van der Waals surface area contributed by atoms with Crippen molar-refractivity contribution in [3.8, 4) is 17.4 Å². The van der Waals surface area contributed by atoms with E-state index in [1.165, 1.54) is 28.1 Å². The third kappa shape index (κ3) is 20.5. The van der Waals surface area contributed by atoms with E-state index in [4.69, 9.17) is 61.6 Å². The highest BCUT2D eigenvalue weighted by Crippen LogP contribution is 2.36. The highest BCUT2D eigenvalue weighted by atomic mass is 79.9. The van der Waals surface area contributed by atoms with Crippen LogP contribution in [0.2, 0.25) is 0 Å². The van der Waals surface area contributed by atoms with Crippen LogP contribution >= 0.6 is 15.9 Å². The van der Waals surface area contributed by atoms with Crippen LogP contribution in [-0.4, -0.2) is 155 Å². The van der Waals surface area contributed by atoms with E-state index in [0.717, 1.165) is 65.8 Å². The van der Waals surface area contributed by atoms with Crippen molar-refractivity contribution in [1.29, 1.82) is 0 Å². The molecule has 31 heteroatoms. The number of aromatic nitrogens is 4. The number of alkyl halides is 1. The number of esters is 8. The zero-order valence-corrected chi connectivity index (χ0v) is 53.4. The van der Waals surface area contributed by atoms with Crippen molar-refractivity contribution in [2.45, 2.75) is 182 Å². The van der Waals surface area contributed by atoms with Crippen LogP contribution in [0, 0.1) is 37.1 Å². The first-order valence-corrected chi connectivity index (χ1v) is 28.3. The van der Waals surface area contributed by atoms with Crippen LogP contribution in [-0.2, 0) is 98.6 Å². The topological polar surface area (TPSA) is 312 Å². The summed E-state index contributed by atoms with van der Waals surface area (Å²) >= 11 is 3.18. The van der Waals surface area contributed by atoms with Crippen LogP contribution in [0.1, 0.15) is 129 Å². The summed E-state index contributed by atoms with van der Waals surface area (Å²) in [6.45, 7) is 19.4. The lowest BCUT2D eigenvalue weighted by Crippen LogP contribution is -2.63. The van der Waals surface area contributed by atoms with Crippen molar-refractivity contribution < 1.29 is 117 Å². The predicted molar refractivity (Wildman–Crippen MR) is 302 cm³/mol. The summed E-state index contributed by atoms with van der Waals surface area (Å²) in [5.74, 6) is -8.83. The summed E-state index contributed by atoms with van der Waals surface area (Å²) in [7, 11) is 2.62. The van der Waals surface area contributed by atoms with Crippen molar-refractivity contribution in [2.75, 3.05) is 27.4 Å². The maximum absolute atomic E-state index is 15.0. The van der Waals surface area contributed by atoms with Gasteiger partial charge in [-0.1, -0.05) is 15.9 Å². The van der Waals surface area contributed by atoms with E-state index in [1.807, 2.05) is 27.7 Å². The Labute approximate surface area is 517 Å². The highest BCUT2D eigenvalue weighted by molar-refractivity contribution is 9.09. The van der Waals surface area contributed by atoms with Gasteiger partial charge in [0.1, 0.15) is 60.2 Å². The summed E-state index contributed by atoms with van der Waals surface area (Å²) in [6, 6.07) is 4.16. The molecule has 2 aliphatic rings. The Hall–Kier alpha value is -8.06. The van der Waals surface area contributed by atoms with Crippen molar-refractivity contribution in [1.82, 2.24) is 19.6 Å². The maximum Gasteiger partial charge on any atom is 0.303 e. The van der Waals surface area contributed by atoms with Crippen LogP contribution in [0.3, 0.4) is 0 Å². The molecular formula is C58H73BrF4N4O22. The second-order valence-corrected chi connectivity index (χ2v) is 21.5. The molecule has 0 unspecified atom stereocenters. The number of nitrogens with one attached hydrogen (secondary N) is 1. The molecule has 0 amide bonds. The summed E-state index contributed by atoms with van der Waals surface area (Å²) in [5.41, 5.74) is 1.09. The average Bonchev–Trinajstić information content (AvgIpc) is 2.71. The largest absolute Gasteiger partial charge is 0.497 e. The number of halogens is 5. The monoisotopic (exact) mass is 1330 g/mol. The van der Waals surface area contributed by atoms with E-state index in [9.17, 15) is 60.7 Å². The van der Waals surface area contributed by atoms with Crippen LogP contribution < -0.4 is 19.8 Å². The van der Waals surface area contributed by atoms with E-state index in [-0.39, 0.29) is 71.2 Å². The number of methoxy groups -OCH3 is 2. The maximum atomic E-state index is 15.0. The summed E-state index contributed by atoms with van der Waals surface area (Å²) in [5, 5.41) is 6.31. The second kappa shape index (κ2) is 33.0. The fourth-order valence-corrected chi connectivity index (χ4v) is 9.96. The van der Waals surface area contributed by atoms with Gasteiger partial charge in [0.05, 0.1) is 14.2 Å². The normalized spacial score (nSPS) is 21.1.